The predicted molar refractivity (Wildman–Crippen MR) is 80.9 cm³/mol. The van der Waals surface area contributed by atoms with Crippen LogP contribution in [-0.4, -0.2) is 58.7 Å². The summed E-state index contributed by atoms with van der Waals surface area (Å²) in [6.45, 7) is 3.68. The van der Waals surface area contributed by atoms with Gasteiger partial charge in [-0.15, -0.1) is 0 Å². The fourth-order valence-corrected chi connectivity index (χ4v) is 4.18. The van der Waals surface area contributed by atoms with Gasteiger partial charge in [0.15, 0.2) is 0 Å². The van der Waals surface area contributed by atoms with Crippen LogP contribution >= 0.6 is 0 Å². The van der Waals surface area contributed by atoms with Crippen LogP contribution in [0.2, 0.25) is 0 Å². The monoisotopic (exact) mass is 322 g/mol. The molecule has 2 aromatic rings. The van der Waals surface area contributed by atoms with E-state index in [-0.39, 0.29) is 4.90 Å². The first-order valence-electron chi connectivity index (χ1n) is 7.01. The highest BCUT2D eigenvalue weighted by Gasteiger charge is 2.31. The summed E-state index contributed by atoms with van der Waals surface area (Å²) in [4.78, 5) is 10.7. The summed E-state index contributed by atoms with van der Waals surface area (Å²) in [7, 11) is -1.78. The molecule has 0 atom stereocenters. The Hall–Kier alpha value is -2.00. The van der Waals surface area contributed by atoms with Gasteiger partial charge in [-0.3, -0.25) is 4.68 Å². The fraction of sp³-hybridized carbons (Fsp3) is 0.462. The third-order valence-corrected chi connectivity index (χ3v) is 5.66. The average molecular weight is 322 g/mol. The summed E-state index contributed by atoms with van der Waals surface area (Å²) in [5.41, 5.74) is 0.524. The zero-order valence-electron chi connectivity index (χ0n) is 12.5. The topological polar surface area (TPSA) is 84.2 Å². The van der Waals surface area contributed by atoms with Crippen molar-refractivity contribution < 1.29 is 8.42 Å². The lowest BCUT2D eigenvalue weighted by Gasteiger charge is -2.33. The first-order chi connectivity index (χ1) is 10.5. The SMILES string of the molecule is Cc1nn(C)cc1S(=O)(=O)N1CCN(c2ncccn2)CC1. The number of hydrogen-bond donors (Lipinski definition) is 0. The quantitative estimate of drug-likeness (QED) is 0.793. The number of rotatable bonds is 3. The molecule has 0 bridgehead atoms. The minimum Gasteiger partial charge on any atom is -0.338 e. The largest absolute Gasteiger partial charge is 0.338 e. The zero-order chi connectivity index (χ0) is 15.7. The van der Waals surface area contributed by atoms with Crippen molar-refractivity contribution in [2.45, 2.75) is 11.8 Å². The first-order valence-corrected chi connectivity index (χ1v) is 8.45. The molecule has 9 heteroatoms. The average Bonchev–Trinajstić information content (AvgIpc) is 2.88. The van der Waals surface area contributed by atoms with Crippen LogP contribution in [0, 0.1) is 6.92 Å². The summed E-state index contributed by atoms with van der Waals surface area (Å²) >= 11 is 0. The van der Waals surface area contributed by atoms with E-state index < -0.39 is 10.0 Å². The van der Waals surface area contributed by atoms with E-state index in [1.165, 1.54) is 8.99 Å². The van der Waals surface area contributed by atoms with Crippen LogP contribution in [0.25, 0.3) is 0 Å². The molecule has 0 saturated carbocycles. The Kier molecular flexibility index (Phi) is 3.83. The van der Waals surface area contributed by atoms with Crippen LogP contribution in [0.4, 0.5) is 5.95 Å². The van der Waals surface area contributed by atoms with Gasteiger partial charge in [0, 0.05) is 51.8 Å². The lowest BCUT2D eigenvalue weighted by molar-refractivity contribution is 0.382. The standard InChI is InChI=1S/C13H18N6O2S/c1-11-12(10-17(2)16-11)22(20,21)19-8-6-18(7-9-19)13-14-4-3-5-15-13/h3-5,10H,6-9H2,1-2H3. The van der Waals surface area contributed by atoms with Crippen molar-refractivity contribution in [3.05, 3.63) is 30.4 Å². The second kappa shape index (κ2) is 5.65. The van der Waals surface area contributed by atoms with Gasteiger partial charge in [-0.25, -0.2) is 18.4 Å². The number of aryl methyl sites for hydroxylation is 2. The molecule has 0 aliphatic carbocycles. The maximum atomic E-state index is 12.7. The van der Waals surface area contributed by atoms with Crippen molar-refractivity contribution in [2.75, 3.05) is 31.1 Å². The molecule has 3 heterocycles. The molecule has 0 N–H and O–H groups in total. The molecule has 0 unspecified atom stereocenters. The van der Waals surface area contributed by atoms with Gasteiger partial charge >= 0.3 is 0 Å². The molecule has 0 aromatic carbocycles. The molecule has 0 amide bonds. The molecule has 8 nitrogen and oxygen atoms in total. The second-order valence-electron chi connectivity index (χ2n) is 5.19. The highest BCUT2D eigenvalue weighted by atomic mass is 32.2. The summed E-state index contributed by atoms with van der Waals surface area (Å²) in [6.07, 6.45) is 4.92. The van der Waals surface area contributed by atoms with Crippen LogP contribution in [0.5, 0.6) is 0 Å². The third-order valence-electron chi connectivity index (χ3n) is 3.66. The summed E-state index contributed by atoms with van der Waals surface area (Å²) in [5.74, 6) is 0.636. The first kappa shape index (κ1) is 14.9. The van der Waals surface area contributed by atoms with Crippen LogP contribution in [0.1, 0.15) is 5.69 Å². The summed E-state index contributed by atoms with van der Waals surface area (Å²) in [5, 5.41) is 4.12. The molecule has 1 aliphatic heterocycles. The summed E-state index contributed by atoms with van der Waals surface area (Å²) < 4.78 is 28.4. The number of anilines is 1. The van der Waals surface area contributed by atoms with Crippen molar-refractivity contribution in [1.82, 2.24) is 24.1 Å². The molecular formula is C13H18N6O2S. The molecule has 0 spiro atoms. The molecular weight excluding hydrogens is 304 g/mol. The molecule has 2 aromatic heterocycles. The van der Waals surface area contributed by atoms with Gasteiger partial charge in [0.25, 0.3) is 0 Å². The van der Waals surface area contributed by atoms with E-state index >= 15 is 0 Å². The normalized spacial score (nSPS) is 16.9. The minimum absolute atomic E-state index is 0.277. The fourth-order valence-electron chi connectivity index (χ4n) is 2.55. The second-order valence-corrected chi connectivity index (χ2v) is 7.10. The summed E-state index contributed by atoms with van der Waals surface area (Å²) in [6, 6.07) is 1.76. The number of piperazine rings is 1. The van der Waals surface area contributed by atoms with Gasteiger partial charge < -0.3 is 4.90 Å². The maximum absolute atomic E-state index is 12.7. The van der Waals surface area contributed by atoms with Crippen LogP contribution in [0.3, 0.4) is 0 Å². The Balaban J connectivity index is 1.75. The molecule has 22 heavy (non-hydrogen) atoms. The molecule has 1 fully saturated rings. The number of hydrogen-bond acceptors (Lipinski definition) is 6. The Morgan fingerprint density at radius 2 is 1.73 bits per heavy atom. The van der Waals surface area contributed by atoms with E-state index in [9.17, 15) is 8.42 Å². The highest BCUT2D eigenvalue weighted by molar-refractivity contribution is 7.89. The van der Waals surface area contributed by atoms with Crippen molar-refractivity contribution >= 4 is 16.0 Å². The van der Waals surface area contributed by atoms with Crippen molar-refractivity contribution in [1.29, 1.82) is 0 Å². The highest BCUT2D eigenvalue weighted by Crippen LogP contribution is 2.21. The van der Waals surface area contributed by atoms with E-state index in [4.69, 9.17) is 0 Å². The number of sulfonamides is 1. The van der Waals surface area contributed by atoms with E-state index in [0.717, 1.165) is 0 Å². The molecule has 3 rings (SSSR count). The lowest BCUT2D eigenvalue weighted by Crippen LogP contribution is -2.49. The Morgan fingerprint density at radius 3 is 2.27 bits per heavy atom. The predicted octanol–water partition coefficient (Wildman–Crippen LogP) is 0.0294. The molecule has 1 aliphatic rings. The molecule has 0 radical (unpaired) electrons. The van der Waals surface area contributed by atoms with Crippen LogP contribution in [0.15, 0.2) is 29.6 Å². The Morgan fingerprint density at radius 1 is 1.09 bits per heavy atom. The van der Waals surface area contributed by atoms with Crippen molar-refractivity contribution in [2.24, 2.45) is 7.05 Å². The Labute approximate surface area is 129 Å². The van der Waals surface area contributed by atoms with Crippen LogP contribution < -0.4 is 4.90 Å². The third kappa shape index (κ3) is 2.69. The van der Waals surface area contributed by atoms with Gasteiger partial charge in [-0.2, -0.15) is 9.40 Å². The van der Waals surface area contributed by atoms with E-state index in [1.54, 1.807) is 38.6 Å². The molecule has 118 valence electrons. The van der Waals surface area contributed by atoms with Gasteiger partial charge in [-0.1, -0.05) is 0 Å². The van der Waals surface area contributed by atoms with E-state index in [0.29, 0.717) is 37.8 Å². The van der Waals surface area contributed by atoms with Crippen molar-refractivity contribution in [3.63, 3.8) is 0 Å². The van der Waals surface area contributed by atoms with E-state index in [1.807, 2.05) is 4.90 Å². The van der Waals surface area contributed by atoms with E-state index in [2.05, 4.69) is 15.1 Å². The van der Waals surface area contributed by atoms with Gasteiger partial charge in [0.1, 0.15) is 4.90 Å². The van der Waals surface area contributed by atoms with Gasteiger partial charge in [-0.05, 0) is 13.0 Å². The zero-order valence-corrected chi connectivity index (χ0v) is 13.4. The lowest BCUT2D eigenvalue weighted by atomic mass is 10.4. The number of aromatic nitrogens is 4. The molecule has 1 saturated heterocycles. The van der Waals surface area contributed by atoms with Crippen LogP contribution in [-0.2, 0) is 17.1 Å². The van der Waals surface area contributed by atoms with Gasteiger partial charge in [0.05, 0.1) is 5.69 Å². The smallest absolute Gasteiger partial charge is 0.246 e. The maximum Gasteiger partial charge on any atom is 0.246 e. The van der Waals surface area contributed by atoms with Gasteiger partial charge in [0.2, 0.25) is 16.0 Å². The van der Waals surface area contributed by atoms with Crippen molar-refractivity contribution in [3.8, 4) is 0 Å². The number of nitrogens with zero attached hydrogens (tertiary/aromatic N) is 6. The Bertz CT molecular complexity index is 750. The minimum atomic E-state index is -3.49.